The van der Waals surface area contributed by atoms with Crippen molar-refractivity contribution in [3.8, 4) is 0 Å². The third kappa shape index (κ3) is 4.97. The molecule has 0 bridgehead atoms. The summed E-state index contributed by atoms with van der Waals surface area (Å²) in [6.45, 7) is 7.89. The molecule has 3 unspecified atom stereocenters. The molecular formula is C15H30N2O. The molecule has 1 aliphatic carbocycles. The first-order valence-corrected chi connectivity index (χ1v) is 7.52. The van der Waals surface area contributed by atoms with Crippen LogP contribution in [0.5, 0.6) is 0 Å². The van der Waals surface area contributed by atoms with Crippen LogP contribution < -0.4 is 11.1 Å². The molecule has 1 amide bonds. The molecule has 0 spiro atoms. The van der Waals surface area contributed by atoms with Crippen LogP contribution in [-0.4, -0.2) is 19.0 Å². The van der Waals surface area contributed by atoms with Crippen molar-refractivity contribution in [2.45, 2.75) is 52.9 Å². The van der Waals surface area contributed by atoms with Gasteiger partial charge in [-0.3, -0.25) is 4.79 Å². The summed E-state index contributed by atoms with van der Waals surface area (Å²) in [5.74, 6) is 2.09. The Morgan fingerprint density at radius 2 is 2.00 bits per heavy atom. The topological polar surface area (TPSA) is 55.1 Å². The van der Waals surface area contributed by atoms with Gasteiger partial charge in [0, 0.05) is 13.1 Å². The number of hydrogen-bond donors (Lipinski definition) is 2. The van der Waals surface area contributed by atoms with Crippen LogP contribution >= 0.6 is 0 Å². The third-order valence-corrected chi connectivity index (χ3v) is 4.24. The van der Waals surface area contributed by atoms with Gasteiger partial charge in [-0.1, -0.05) is 40.0 Å². The van der Waals surface area contributed by atoms with Crippen LogP contribution in [-0.2, 0) is 4.79 Å². The van der Waals surface area contributed by atoms with E-state index in [9.17, 15) is 4.79 Å². The maximum Gasteiger partial charge on any atom is 0.224 e. The first-order chi connectivity index (χ1) is 8.54. The Bertz CT molecular complexity index is 253. The molecule has 1 aliphatic rings. The number of carbonyl (C=O) groups is 1. The first kappa shape index (κ1) is 15.5. The van der Waals surface area contributed by atoms with Gasteiger partial charge in [-0.15, -0.1) is 0 Å². The largest absolute Gasteiger partial charge is 0.356 e. The Morgan fingerprint density at radius 1 is 1.33 bits per heavy atom. The molecule has 0 aromatic heterocycles. The predicted octanol–water partition coefficient (Wildman–Crippen LogP) is 2.55. The molecule has 106 valence electrons. The van der Waals surface area contributed by atoms with Crippen LogP contribution in [0.4, 0.5) is 0 Å². The number of nitrogens with one attached hydrogen (secondary N) is 1. The summed E-state index contributed by atoms with van der Waals surface area (Å²) in [5.41, 5.74) is 5.70. The number of amides is 1. The van der Waals surface area contributed by atoms with Crippen LogP contribution in [0, 0.1) is 23.7 Å². The molecule has 3 nitrogen and oxygen atoms in total. The molecule has 3 atom stereocenters. The number of hydrogen-bond acceptors (Lipinski definition) is 2. The summed E-state index contributed by atoms with van der Waals surface area (Å²) in [5, 5.41) is 3.12. The Kier molecular flexibility index (Phi) is 6.69. The lowest BCUT2D eigenvalue weighted by atomic mass is 9.80. The van der Waals surface area contributed by atoms with E-state index in [1.54, 1.807) is 0 Å². The van der Waals surface area contributed by atoms with Gasteiger partial charge in [0.15, 0.2) is 0 Å². The van der Waals surface area contributed by atoms with Crippen molar-refractivity contribution in [1.29, 1.82) is 0 Å². The lowest BCUT2D eigenvalue weighted by molar-refractivity contribution is -0.125. The van der Waals surface area contributed by atoms with E-state index in [1.165, 1.54) is 25.7 Å². The van der Waals surface area contributed by atoms with Gasteiger partial charge in [-0.05, 0) is 30.6 Å². The van der Waals surface area contributed by atoms with Crippen molar-refractivity contribution in [3.05, 3.63) is 0 Å². The molecule has 1 fully saturated rings. The van der Waals surface area contributed by atoms with Crippen molar-refractivity contribution in [3.63, 3.8) is 0 Å². The summed E-state index contributed by atoms with van der Waals surface area (Å²) in [7, 11) is 0. The molecule has 3 N–H and O–H groups in total. The Balaban J connectivity index is 2.34. The highest BCUT2D eigenvalue weighted by molar-refractivity contribution is 5.78. The van der Waals surface area contributed by atoms with Gasteiger partial charge in [0.1, 0.15) is 0 Å². The highest BCUT2D eigenvalue weighted by atomic mass is 16.1. The molecule has 18 heavy (non-hydrogen) atoms. The number of nitrogens with two attached hydrogens (primary N) is 1. The van der Waals surface area contributed by atoms with Gasteiger partial charge >= 0.3 is 0 Å². The monoisotopic (exact) mass is 254 g/mol. The minimum atomic E-state index is -0.0103. The highest BCUT2D eigenvalue weighted by Crippen LogP contribution is 2.28. The first-order valence-electron chi connectivity index (χ1n) is 7.52. The van der Waals surface area contributed by atoms with Crippen molar-refractivity contribution >= 4 is 5.91 Å². The van der Waals surface area contributed by atoms with Crippen LogP contribution in [0.3, 0.4) is 0 Å². The molecule has 0 aromatic carbocycles. The lowest BCUT2D eigenvalue weighted by Gasteiger charge is -2.29. The van der Waals surface area contributed by atoms with Crippen molar-refractivity contribution in [1.82, 2.24) is 5.32 Å². The van der Waals surface area contributed by atoms with E-state index < -0.39 is 0 Å². The molecule has 0 radical (unpaired) electrons. The van der Waals surface area contributed by atoms with Gasteiger partial charge in [-0.25, -0.2) is 0 Å². The normalized spacial score (nSPS) is 26.1. The SMILES string of the molecule is CC(C)CC(CN)C(=O)NCC1CCCCC1C. The Morgan fingerprint density at radius 3 is 2.56 bits per heavy atom. The second-order valence-electron chi connectivity index (χ2n) is 6.33. The maximum absolute atomic E-state index is 12.1. The van der Waals surface area contributed by atoms with Gasteiger partial charge in [0.25, 0.3) is 0 Å². The number of rotatable bonds is 6. The minimum Gasteiger partial charge on any atom is -0.356 e. The molecule has 3 heteroatoms. The van der Waals surface area contributed by atoms with E-state index in [1.807, 2.05) is 0 Å². The fraction of sp³-hybridized carbons (Fsp3) is 0.933. The highest BCUT2D eigenvalue weighted by Gasteiger charge is 2.23. The zero-order chi connectivity index (χ0) is 13.5. The third-order valence-electron chi connectivity index (χ3n) is 4.24. The minimum absolute atomic E-state index is 0.0103. The van der Waals surface area contributed by atoms with Gasteiger partial charge in [-0.2, -0.15) is 0 Å². The van der Waals surface area contributed by atoms with Crippen molar-refractivity contribution < 1.29 is 4.79 Å². The van der Waals surface area contributed by atoms with E-state index in [0.29, 0.717) is 18.4 Å². The molecular weight excluding hydrogens is 224 g/mol. The molecule has 0 heterocycles. The molecule has 0 aliphatic heterocycles. The van der Waals surface area contributed by atoms with Crippen LogP contribution in [0.15, 0.2) is 0 Å². The smallest absolute Gasteiger partial charge is 0.224 e. The standard InChI is InChI=1S/C15H30N2O/c1-11(2)8-14(9-16)15(18)17-10-13-7-5-4-6-12(13)3/h11-14H,4-10,16H2,1-3H3,(H,17,18). The summed E-state index contributed by atoms with van der Waals surface area (Å²) in [4.78, 5) is 12.1. The van der Waals surface area contributed by atoms with E-state index in [2.05, 4.69) is 26.1 Å². The zero-order valence-corrected chi connectivity index (χ0v) is 12.2. The number of carbonyl (C=O) groups excluding carboxylic acids is 1. The summed E-state index contributed by atoms with van der Waals surface area (Å²) < 4.78 is 0. The average Bonchev–Trinajstić information content (AvgIpc) is 2.34. The molecule has 1 saturated carbocycles. The van der Waals surface area contributed by atoms with Crippen LogP contribution in [0.25, 0.3) is 0 Å². The summed E-state index contributed by atoms with van der Waals surface area (Å²) >= 11 is 0. The van der Waals surface area contributed by atoms with E-state index in [4.69, 9.17) is 5.73 Å². The van der Waals surface area contributed by atoms with Gasteiger partial charge in [0.2, 0.25) is 5.91 Å². The zero-order valence-electron chi connectivity index (χ0n) is 12.2. The Labute approximate surface area is 112 Å². The lowest BCUT2D eigenvalue weighted by Crippen LogP contribution is -2.39. The quantitative estimate of drug-likeness (QED) is 0.765. The molecule has 1 rings (SSSR count). The molecule has 0 aromatic rings. The fourth-order valence-corrected chi connectivity index (χ4v) is 2.95. The second-order valence-corrected chi connectivity index (χ2v) is 6.33. The average molecular weight is 254 g/mol. The fourth-order valence-electron chi connectivity index (χ4n) is 2.95. The van der Waals surface area contributed by atoms with E-state index >= 15 is 0 Å². The maximum atomic E-state index is 12.1. The van der Waals surface area contributed by atoms with E-state index in [0.717, 1.165) is 18.9 Å². The summed E-state index contributed by atoms with van der Waals surface area (Å²) in [6.07, 6.45) is 6.13. The van der Waals surface area contributed by atoms with Crippen LogP contribution in [0.2, 0.25) is 0 Å². The van der Waals surface area contributed by atoms with Gasteiger partial charge in [0.05, 0.1) is 5.92 Å². The van der Waals surface area contributed by atoms with Gasteiger partial charge < -0.3 is 11.1 Å². The molecule has 0 saturated heterocycles. The van der Waals surface area contributed by atoms with Crippen molar-refractivity contribution in [2.75, 3.05) is 13.1 Å². The second kappa shape index (κ2) is 7.78. The predicted molar refractivity (Wildman–Crippen MR) is 76.1 cm³/mol. The van der Waals surface area contributed by atoms with Crippen molar-refractivity contribution in [2.24, 2.45) is 29.4 Å². The Hall–Kier alpha value is -0.570. The summed E-state index contributed by atoms with van der Waals surface area (Å²) in [6, 6.07) is 0. The van der Waals surface area contributed by atoms with E-state index in [-0.39, 0.29) is 11.8 Å². The van der Waals surface area contributed by atoms with Crippen LogP contribution in [0.1, 0.15) is 52.9 Å².